The number of halogens is 1. The Morgan fingerprint density at radius 2 is 2.11 bits per heavy atom. The minimum atomic E-state index is -0.371. The second-order valence-electron chi connectivity index (χ2n) is 3.95. The summed E-state index contributed by atoms with van der Waals surface area (Å²) in [4.78, 5) is 8.32. The van der Waals surface area contributed by atoms with Gasteiger partial charge in [0.2, 0.25) is 5.95 Å². The summed E-state index contributed by atoms with van der Waals surface area (Å²) >= 11 is 0. The molecule has 19 heavy (non-hydrogen) atoms. The van der Waals surface area contributed by atoms with Crippen molar-refractivity contribution in [1.29, 1.82) is 0 Å². The molecule has 0 amide bonds. The maximum absolute atomic E-state index is 13.7. The zero-order valence-corrected chi connectivity index (χ0v) is 11.0. The summed E-state index contributed by atoms with van der Waals surface area (Å²) in [6.07, 6.45) is 1.67. The fourth-order valence-corrected chi connectivity index (χ4v) is 1.54. The molecule has 100 valence electrons. The largest absolute Gasteiger partial charge is 0.497 e. The minimum Gasteiger partial charge on any atom is -0.497 e. The SMILES string of the molecule is CNc1ncc(C)c(Nc2cc(OC)ccc2F)n1. The Hall–Kier alpha value is -2.37. The lowest BCUT2D eigenvalue weighted by molar-refractivity contribution is 0.414. The number of rotatable bonds is 4. The number of aromatic nitrogens is 2. The van der Waals surface area contributed by atoms with Gasteiger partial charge in [-0.15, -0.1) is 0 Å². The van der Waals surface area contributed by atoms with E-state index in [9.17, 15) is 4.39 Å². The van der Waals surface area contributed by atoms with E-state index in [2.05, 4.69) is 20.6 Å². The third-order valence-corrected chi connectivity index (χ3v) is 2.62. The van der Waals surface area contributed by atoms with Crippen LogP contribution in [0.3, 0.4) is 0 Å². The van der Waals surface area contributed by atoms with Crippen LogP contribution in [0.4, 0.5) is 21.8 Å². The standard InChI is InChI=1S/C13H15FN4O/c1-8-7-16-13(15-2)18-12(8)17-11-6-9(19-3)4-5-10(11)14/h4-7H,1-3H3,(H2,15,16,17,18). The lowest BCUT2D eigenvalue weighted by Crippen LogP contribution is -2.03. The number of benzene rings is 1. The van der Waals surface area contributed by atoms with Crippen LogP contribution in [-0.2, 0) is 0 Å². The van der Waals surface area contributed by atoms with Crippen LogP contribution in [0.15, 0.2) is 24.4 Å². The van der Waals surface area contributed by atoms with E-state index >= 15 is 0 Å². The molecule has 0 atom stereocenters. The molecule has 0 aliphatic heterocycles. The van der Waals surface area contributed by atoms with Gasteiger partial charge in [-0.2, -0.15) is 4.98 Å². The number of methoxy groups -OCH3 is 1. The van der Waals surface area contributed by atoms with Gasteiger partial charge in [0, 0.05) is 24.9 Å². The van der Waals surface area contributed by atoms with E-state index in [1.807, 2.05) is 6.92 Å². The van der Waals surface area contributed by atoms with Crippen LogP contribution < -0.4 is 15.4 Å². The van der Waals surface area contributed by atoms with E-state index in [0.717, 1.165) is 5.56 Å². The molecule has 0 saturated heterocycles. The molecule has 0 unspecified atom stereocenters. The Kier molecular flexibility index (Phi) is 3.79. The van der Waals surface area contributed by atoms with Gasteiger partial charge in [-0.05, 0) is 19.1 Å². The van der Waals surface area contributed by atoms with Gasteiger partial charge in [-0.25, -0.2) is 9.37 Å². The van der Waals surface area contributed by atoms with E-state index in [1.54, 1.807) is 25.4 Å². The molecule has 0 saturated carbocycles. The molecule has 0 aliphatic rings. The Morgan fingerprint density at radius 1 is 1.32 bits per heavy atom. The van der Waals surface area contributed by atoms with Gasteiger partial charge in [0.15, 0.2) is 0 Å². The first kappa shape index (κ1) is 13.1. The highest BCUT2D eigenvalue weighted by Gasteiger charge is 2.08. The molecule has 0 spiro atoms. The van der Waals surface area contributed by atoms with Crippen molar-refractivity contribution in [2.45, 2.75) is 6.92 Å². The highest BCUT2D eigenvalue weighted by Crippen LogP contribution is 2.25. The first-order chi connectivity index (χ1) is 9.13. The van der Waals surface area contributed by atoms with E-state index in [-0.39, 0.29) is 5.82 Å². The van der Waals surface area contributed by atoms with Gasteiger partial charge in [-0.3, -0.25) is 0 Å². The molecule has 0 fully saturated rings. The average molecular weight is 262 g/mol. The molecule has 1 aromatic carbocycles. The van der Waals surface area contributed by atoms with Crippen molar-refractivity contribution in [3.63, 3.8) is 0 Å². The predicted molar refractivity (Wildman–Crippen MR) is 72.6 cm³/mol. The van der Waals surface area contributed by atoms with Gasteiger partial charge >= 0.3 is 0 Å². The zero-order chi connectivity index (χ0) is 13.8. The van der Waals surface area contributed by atoms with Gasteiger partial charge in [-0.1, -0.05) is 0 Å². The number of hydrogen-bond acceptors (Lipinski definition) is 5. The molecular formula is C13H15FN4O. The molecule has 0 bridgehead atoms. The zero-order valence-electron chi connectivity index (χ0n) is 11.0. The van der Waals surface area contributed by atoms with E-state index in [4.69, 9.17) is 4.74 Å². The van der Waals surface area contributed by atoms with E-state index in [1.165, 1.54) is 13.2 Å². The molecule has 6 heteroatoms. The Morgan fingerprint density at radius 3 is 2.79 bits per heavy atom. The van der Waals surface area contributed by atoms with Crippen molar-refractivity contribution >= 4 is 17.5 Å². The molecule has 0 aliphatic carbocycles. The number of nitrogens with one attached hydrogen (secondary N) is 2. The molecule has 5 nitrogen and oxygen atoms in total. The first-order valence-corrected chi connectivity index (χ1v) is 5.76. The average Bonchev–Trinajstić information content (AvgIpc) is 2.43. The third kappa shape index (κ3) is 2.90. The summed E-state index contributed by atoms with van der Waals surface area (Å²) in [7, 11) is 3.26. The molecule has 2 aromatic rings. The van der Waals surface area contributed by atoms with Crippen molar-refractivity contribution in [3.8, 4) is 5.75 Å². The van der Waals surface area contributed by atoms with Crippen LogP contribution in [0, 0.1) is 12.7 Å². The number of anilines is 3. The van der Waals surface area contributed by atoms with Crippen molar-refractivity contribution < 1.29 is 9.13 Å². The Bertz CT molecular complexity index is 537. The Balaban J connectivity index is 2.35. The highest BCUT2D eigenvalue weighted by atomic mass is 19.1. The number of nitrogens with zero attached hydrogens (tertiary/aromatic N) is 2. The van der Waals surface area contributed by atoms with Gasteiger partial charge in [0.25, 0.3) is 0 Å². The first-order valence-electron chi connectivity index (χ1n) is 5.76. The van der Waals surface area contributed by atoms with Gasteiger partial charge in [0.1, 0.15) is 17.4 Å². The number of ether oxygens (including phenoxy) is 1. The van der Waals surface area contributed by atoms with Crippen LogP contribution in [0.2, 0.25) is 0 Å². The second-order valence-corrected chi connectivity index (χ2v) is 3.95. The summed E-state index contributed by atoms with van der Waals surface area (Å²) in [5.74, 6) is 1.22. The van der Waals surface area contributed by atoms with Crippen molar-refractivity contribution in [2.75, 3.05) is 24.8 Å². The number of hydrogen-bond donors (Lipinski definition) is 2. The third-order valence-electron chi connectivity index (χ3n) is 2.62. The monoisotopic (exact) mass is 262 g/mol. The van der Waals surface area contributed by atoms with Crippen molar-refractivity contribution in [1.82, 2.24) is 9.97 Å². The smallest absolute Gasteiger partial charge is 0.224 e. The summed E-state index contributed by atoms with van der Waals surface area (Å²) in [6, 6.07) is 4.49. The highest BCUT2D eigenvalue weighted by molar-refractivity contribution is 5.62. The Labute approximate surface area is 110 Å². The molecule has 1 heterocycles. The van der Waals surface area contributed by atoms with Crippen LogP contribution in [0.25, 0.3) is 0 Å². The lowest BCUT2D eigenvalue weighted by Gasteiger charge is -2.11. The van der Waals surface area contributed by atoms with E-state index in [0.29, 0.717) is 23.2 Å². The summed E-state index contributed by atoms with van der Waals surface area (Å²) < 4.78 is 18.8. The second kappa shape index (κ2) is 5.51. The van der Waals surface area contributed by atoms with Crippen LogP contribution >= 0.6 is 0 Å². The van der Waals surface area contributed by atoms with Gasteiger partial charge < -0.3 is 15.4 Å². The van der Waals surface area contributed by atoms with Crippen molar-refractivity contribution in [2.24, 2.45) is 0 Å². The topological polar surface area (TPSA) is 59.1 Å². The molecule has 2 N–H and O–H groups in total. The summed E-state index contributed by atoms with van der Waals surface area (Å²) in [5.41, 5.74) is 1.13. The molecular weight excluding hydrogens is 247 g/mol. The fourth-order valence-electron chi connectivity index (χ4n) is 1.54. The maximum atomic E-state index is 13.7. The fraction of sp³-hybridized carbons (Fsp3) is 0.231. The maximum Gasteiger partial charge on any atom is 0.224 e. The normalized spacial score (nSPS) is 10.1. The van der Waals surface area contributed by atoms with E-state index < -0.39 is 0 Å². The summed E-state index contributed by atoms with van der Waals surface area (Å²) in [5, 5.41) is 5.78. The molecule has 1 aromatic heterocycles. The quantitative estimate of drug-likeness (QED) is 0.887. The molecule has 0 radical (unpaired) electrons. The summed E-state index contributed by atoms with van der Waals surface area (Å²) in [6.45, 7) is 1.85. The van der Waals surface area contributed by atoms with Crippen LogP contribution in [0.5, 0.6) is 5.75 Å². The lowest BCUT2D eigenvalue weighted by atomic mass is 10.2. The number of aryl methyl sites for hydroxylation is 1. The van der Waals surface area contributed by atoms with Crippen LogP contribution in [0.1, 0.15) is 5.56 Å². The molecule has 2 rings (SSSR count). The van der Waals surface area contributed by atoms with Crippen LogP contribution in [-0.4, -0.2) is 24.1 Å². The van der Waals surface area contributed by atoms with Gasteiger partial charge in [0.05, 0.1) is 12.8 Å². The van der Waals surface area contributed by atoms with Crippen molar-refractivity contribution in [3.05, 3.63) is 35.8 Å². The minimum absolute atomic E-state index is 0.309. The predicted octanol–water partition coefficient (Wildman–Crippen LogP) is 2.72.